The topological polar surface area (TPSA) is 42.2 Å². The van der Waals surface area contributed by atoms with E-state index in [1.165, 1.54) is 0 Å². The van der Waals surface area contributed by atoms with E-state index in [2.05, 4.69) is 6.07 Å². The van der Waals surface area contributed by atoms with Crippen molar-refractivity contribution < 1.29 is 9.47 Å². The van der Waals surface area contributed by atoms with E-state index in [1.807, 2.05) is 31.2 Å². The second kappa shape index (κ2) is 6.86. The molecule has 86 valence electrons. The Kier molecular flexibility index (Phi) is 5.38. The summed E-state index contributed by atoms with van der Waals surface area (Å²) in [6, 6.07) is 9.75. The van der Waals surface area contributed by atoms with Crippen molar-refractivity contribution in [3.63, 3.8) is 0 Å². The third kappa shape index (κ3) is 4.33. The van der Waals surface area contributed by atoms with E-state index in [9.17, 15) is 0 Å². The molecule has 1 rings (SSSR count). The summed E-state index contributed by atoms with van der Waals surface area (Å²) >= 11 is 0. The maximum atomic E-state index is 8.54. The number of hydrogen-bond acceptors (Lipinski definition) is 3. The molecule has 1 unspecified atom stereocenters. The lowest BCUT2D eigenvalue weighted by Crippen LogP contribution is -2.14. The molecule has 0 saturated carbocycles. The largest absolute Gasteiger partial charge is 0.491 e. The fourth-order valence-electron chi connectivity index (χ4n) is 1.35. The number of methoxy groups -OCH3 is 1. The molecule has 0 radical (unpaired) electrons. The van der Waals surface area contributed by atoms with Crippen molar-refractivity contribution in [2.24, 2.45) is 0 Å². The van der Waals surface area contributed by atoms with Gasteiger partial charge in [0, 0.05) is 20.1 Å². The van der Waals surface area contributed by atoms with E-state index in [4.69, 9.17) is 14.7 Å². The second-order valence-electron chi connectivity index (χ2n) is 3.69. The van der Waals surface area contributed by atoms with Crippen molar-refractivity contribution in [2.75, 3.05) is 13.7 Å². The minimum atomic E-state index is 0.141. The normalized spacial score (nSPS) is 11.8. The Hall–Kier alpha value is -1.53. The fourth-order valence-corrected chi connectivity index (χ4v) is 1.35. The lowest BCUT2D eigenvalue weighted by Gasteiger charge is -2.14. The minimum absolute atomic E-state index is 0.141. The first-order chi connectivity index (χ1) is 7.76. The highest BCUT2D eigenvalue weighted by Gasteiger charge is 2.03. The zero-order chi connectivity index (χ0) is 11.8. The first-order valence-corrected chi connectivity index (χ1v) is 5.37. The van der Waals surface area contributed by atoms with Crippen molar-refractivity contribution in [1.29, 1.82) is 5.26 Å². The maximum absolute atomic E-state index is 8.54. The average molecular weight is 219 g/mol. The van der Waals surface area contributed by atoms with E-state index in [1.54, 1.807) is 7.11 Å². The predicted octanol–water partition coefficient (Wildman–Crippen LogP) is 2.56. The van der Waals surface area contributed by atoms with Crippen LogP contribution in [0.4, 0.5) is 0 Å². The summed E-state index contributed by atoms with van der Waals surface area (Å²) in [5, 5.41) is 8.54. The van der Waals surface area contributed by atoms with Crippen molar-refractivity contribution in [1.82, 2.24) is 0 Å². The zero-order valence-electron chi connectivity index (χ0n) is 9.77. The Labute approximate surface area is 96.6 Å². The van der Waals surface area contributed by atoms with Crippen LogP contribution in [-0.2, 0) is 11.2 Å². The number of nitrogens with zero attached hydrogens (tertiary/aromatic N) is 1. The Morgan fingerprint density at radius 2 is 2.00 bits per heavy atom. The standard InChI is InChI=1S/C13H17NO2/c1-11(8-10-15-2)16-13-5-3-12(4-6-13)7-9-14/h3-6,11H,7-8,10H2,1-2H3. The van der Waals surface area contributed by atoms with Crippen LogP contribution >= 0.6 is 0 Å². The number of rotatable bonds is 6. The molecular weight excluding hydrogens is 202 g/mol. The molecule has 0 N–H and O–H groups in total. The van der Waals surface area contributed by atoms with Gasteiger partial charge in [-0.25, -0.2) is 0 Å². The third-order valence-electron chi connectivity index (χ3n) is 2.27. The van der Waals surface area contributed by atoms with Gasteiger partial charge in [-0.05, 0) is 24.6 Å². The van der Waals surface area contributed by atoms with Crippen LogP contribution in [0.25, 0.3) is 0 Å². The van der Waals surface area contributed by atoms with Crippen LogP contribution in [0.3, 0.4) is 0 Å². The van der Waals surface area contributed by atoms with Gasteiger partial charge in [-0.15, -0.1) is 0 Å². The molecule has 0 aliphatic heterocycles. The molecule has 1 aromatic rings. The molecule has 1 atom stereocenters. The SMILES string of the molecule is COCCC(C)Oc1ccc(CC#N)cc1. The Morgan fingerprint density at radius 1 is 1.31 bits per heavy atom. The van der Waals surface area contributed by atoms with E-state index in [0.717, 1.165) is 17.7 Å². The van der Waals surface area contributed by atoms with Gasteiger partial charge in [0.25, 0.3) is 0 Å². The molecule has 0 amide bonds. The molecule has 0 aliphatic carbocycles. The van der Waals surface area contributed by atoms with Crippen LogP contribution < -0.4 is 4.74 Å². The highest BCUT2D eigenvalue weighted by Crippen LogP contribution is 2.15. The molecule has 3 nitrogen and oxygen atoms in total. The lowest BCUT2D eigenvalue weighted by atomic mass is 10.1. The summed E-state index contributed by atoms with van der Waals surface area (Å²) in [6.07, 6.45) is 1.46. The van der Waals surface area contributed by atoms with Gasteiger partial charge in [-0.3, -0.25) is 0 Å². The van der Waals surface area contributed by atoms with Gasteiger partial charge in [0.2, 0.25) is 0 Å². The molecule has 0 spiro atoms. The maximum Gasteiger partial charge on any atom is 0.119 e. The van der Waals surface area contributed by atoms with Gasteiger partial charge in [0.15, 0.2) is 0 Å². The summed E-state index contributed by atoms with van der Waals surface area (Å²) in [5.41, 5.74) is 1.01. The van der Waals surface area contributed by atoms with Gasteiger partial charge in [-0.2, -0.15) is 5.26 Å². The van der Waals surface area contributed by atoms with Crippen LogP contribution in [0.1, 0.15) is 18.9 Å². The van der Waals surface area contributed by atoms with Gasteiger partial charge < -0.3 is 9.47 Å². The fraction of sp³-hybridized carbons (Fsp3) is 0.462. The Bertz CT molecular complexity index is 340. The van der Waals surface area contributed by atoms with Crippen molar-refractivity contribution in [3.05, 3.63) is 29.8 Å². The zero-order valence-corrected chi connectivity index (χ0v) is 9.77. The third-order valence-corrected chi connectivity index (χ3v) is 2.27. The molecule has 0 aromatic heterocycles. The first-order valence-electron chi connectivity index (χ1n) is 5.37. The number of ether oxygens (including phenoxy) is 2. The molecular formula is C13H17NO2. The van der Waals surface area contributed by atoms with Gasteiger partial charge in [0.05, 0.1) is 18.6 Å². The molecule has 1 aromatic carbocycles. The van der Waals surface area contributed by atoms with Crippen LogP contribution in [0.2, 0.25) is 0 Å². The van der Waals surface area contributed by atoms with Crippen LogP contribution in [-0.4, -0.2) is 19.8 Å². The molecule has 0 saturated heterocycles. The van der Waals surface area contributed by atoms with Crippen LogP contribution in [0, 0.1) is 11.3 Å². The van der Waals surface area contributed by atoms with Gasteiger partial charge in [0.1, 0.15) is 5.75 Å². The van der Waals surface area contributed by atoms with Crippen molar-refractivity contribution >= 4 is 0 Å². The van der Waals surface area contributed by atoms with Gasteiger partial charge in [-0.1, -0.05) is 12.1 Å². The van der Waals surface area contributed by atoms with E-state index >= 15 is 0 Å². The summed E-state index contributed by atoms with van der Waals surface area (Å²) in [7, 11) is 1.68. The molecule has 0 fully saturated rings. The van der Waals surface area contributed by atoms with Crippen molar-refractivity contribution in [3.8, 4) is 11.8 Å². The summed E-state index contributed by atoms with van der Waals surface area (Å²) in [6.45, 7) is 2.72. The Balaban J connectivity index is 2.45. The first kappa shape index (κ1) is 12.5. The van der Waals surface area contributed by atoms with Gasteiger partial charge >= 0.3 is 0 Å². The quantitative estimate of drug-likeness (QED) is 0.738. The number of benzene rings is 1. The predicted molar refractivity (Wildman–Crippen MR) is 62.3 cm³/mol. The average Bonchev–Trinajstić information content (AvgIpc) is 2.29. The number of nitriles is 1. The van der Waals surface area contributed by atoms with Crippen LogP contribution in [0.5, 0.6) is 5.75 Å². The minimum Gasteiger partial charge on any atom is -0.491 e. The molecule has 0 bridgehead atoms. The molecule has 0 heterocycles. The second-order valence-corrected chi connectivity index (χ2v) is 3.69. The smallest absolute Gasteiger partial charge is 0.119 e. The molecule has 16 heavy (non-hydrogen) atoms. The monoisotopic (exact) mass is 219 g/mol. The molecule has 0 aliphatic rings. The lowest BCUT2D eigenvalue weighted by molar-refractivity contribution is 0.135. The number of hydrogen-bond donors (Lipinski definition) is 0. The van der Waals surface area contributed by atoms with E-state index in [0.29, 0.717) is 13.0 Å². The van der Waals surface area contributed by atoms with Crippen molar-refractivity contribution in [2.45, 2.75) is 25.9 Å². The Morgan fingerprint density at radius 3 is 2.56 bits per heavy atom. The van der Waals surface area contributed by atoms with E-state index < -0.39 is 0 Å². The van der Waals surface area contributed by atoms with Crippen LogP contribution in [0.15, 0.2) is 24.3 Å². The summed E-state index contributed by atoms with van der Waals surface area (Å²) in [4.78, 5) is 0. The molecule has 3 heteroatoms. The highest BCUT2D eigenvalue weighted by atomic mass is 16.5. The highest BCUT2D eigenvalue weighted by molar-refractivity contribution is 5.28. The summed E-state index contributed by atoms with van der Waals surface area (Å²) < 4.78 is 10.7. The summed E-state index contributed by atoms with van der Waals surface area (Å²) in [5.74, 6) is 0.838. The van der Waals surface area contributed by atoms with E-state index in [-0.39, 0.29) is 6.10 Å².